The Morgan fingerprint density at radius 2 is 1.88 bits per heavy atom. The Morgan fingerprint density at radius 3 is 2.62 bits per heavy atom. The van der Waals surface area contributed by atoms with Crippen LogP contribution in [0.4, 0.5) is 5.69 Å². The molecule has 0 amide bonds. The maximum Gasteiger partial charge on any atom is 0.0541 e. The van der Waals surface area contributed by atoms with E-state index >= 15 is 0 Å². The standard InChI is InChI=1S/C14H17NS/c1-11-9-10-12(2)16(4)14-8-6-5-7-13(14)15(11)3/h5-8H,1-2,4,9-10H2,3H3. The monoisotopic (exact) mass is 231 g/mol. The van der Waals surface area contributed by atoms with Crippen molar-refractivity contribution in [3.8, 4) is 0 Å². The zero-order chi connectivity index (χ0) is 11.7. The number of nitrogens with zero attached hydrogens (tertiary/aromatic N) is 1. The van der Waals surface area contributed by atoms with E-state index in [1.54, 1.807) is 0 Å². The summed E-state index contributed by atoms with van der Waals surface area (Å²) in [6.07, 6.45) is 1.97. The molecule has 0 saturated heterocycles. The second-order valence-electron chi connectivity index (χ2n) is 4.02. The maximum atomic E-state index is 4.25. The lowest BCUT2D eigenvalue weighted by atomic mass is 10.2. The molecule has 1 aromatic rings. The predicted octanol–water partition coefficient (Wildman–Crippen LogP) is 4.00. The average Bonchev–Trinajstić information content (AvgIpc) is 2.32. The fraction of sp³-hybridized carbons (Fsp3) is 0.214. The lowest BCUT2D eigenvalue weighted by molar-refractivity contribution is 0.896. The van der Waals surface area contributed by atoms with Gasteiger partial charge < -0.3 is 4.90 Å². The first-order valence-electron chi connectivity index (χ1n) is 5.33. The van der Waals surface area contributed by atoms with Crippen LogP contribution in [0.15, 0.2) is 52.9 Å². The van der Waals surface area contributed by atoms with Crippen LogP contribution in [-0.2, 0) is 0 Å². The van der Waals surface area contributed by atoms with Crippen molar-refractivity contribution in [2.75, 3.05) is 11.9 Å². The first kappa shape index (κ1) is 11.2. The summed E-state index contributed by atoms with van der Waals surface area (Å²) in [5.41, 5.74) is 2.36. The van der Waals surface area contributed by atoms with Gasteiger partial charge in [-0.3, -0.25) is 0 Å². The van der Waals surface area contributed by atoms with E-state index in [0.29, 0.717) is 0 Å². The number of allylic oxidation sites excluding steroid dienone is 2. The maximum absolute atomic E-state index is 4.25. The summed E-state index contributed by atoms with van der Waals surface area (Å²) in [4.78, 5) is 4.67. The Morgan fingerprint density at radius 1 is 1.19 bits per heavy atom. The highest BCUT2D eigenvalue weighted by molar-refractivity contribution is 8.17. The first-order chi connectivity index (χ1) is 7.61. The second-order valence-corrected chi connectivity index (χ2v) is 5.82. The minimum Gasteiger partial charge on any atom is -0.348 e. The highest BCUT2D eigenvalue weighted by Gasteiger charge is 2.16. The molecule has 1 heterocycles. The third-order valence-electron chi connectivity index (χ3n) is 3.01. The van der Waals surface area contributed by atoms with Gasteiger partial charge in [0.05, 0.1) is 5.69 Å². The van der Waals surface area contributed by atoms with E-state index in [2.05, 4.69) is 55.2 Å². The van der Waals surface area contributed by atoms with Crippen molar-refractivity contribution in [3.63, 3.8) is 0 Å². The molecule has 0 aromatic heterocycles. The van der Waals surface area contributed by atoms with E-state index < -0.39 is 0 Å². The van der Waals surface area contributed by atoms with Crippen LogP contribution in [0.5, 0.6) is 0 Å². The fourth-order valence-corrected chi connectivity index (χ4v) is 3.20. The van der Waals surface area contributed by atoms with Crippen LogP contribution in [0, 0.1) is 0 Å². The fourth-order valence-electron chi connectivity index (χ4n) is 1.84. The highest BCUT2D eigenvalue weighted by atomic mass is 32.2. The van der Waals surface area contributed by atoms with Crippen molar-refractivity contribution in [3.05, 3.63) is 48.0 Å². The van der Waals surface area contributed by atoms with Gasteiger partial charge in [0.25, 0.3) is 0 Å². The average molecular weight is 231 g/mol. The lowest BCUT2D eigenvalue weighted by Crippen LogP contribution is -2.17. The van der Waals surface area contributed by atoms with Gasteiger partial charge in [0.15, 0.2) is 0 Å². The molecule has 1 unspecified atom stereocenters. The molecule has 2 rings (SSSR count). The molecule has 2 heteroatoms. The number of fused-ring (bicyclic) bond motifs is 1. The molecule has 1 atom stereocenters. The molecule has 84 valence electrons. The van der Waals surface area contributed by atoms with Gasteiger partial charge in [-0.05, 0) is 29.9 Å². The van der Waals surface area contributed by atoms with Crippen LogP contribution in [0.2, 0.25) is 0 Å². The van der Waals surface area contributed by atoms with E-state index in [1.165, 1.54) is 15.5 Å². The van der Waals surface area contributed by atoms with Crippen molar-refractivity contribution in [2.45, 2.75) is 17.7 Å². The third kappa shape index (κ3) is 1.85. The van der Waals surface area contributed by atoms with Gasteiger partial charge in [0, 0.05) is 17.6 Å². The zero-order valence-corrected chi connectivity index (χ0v) is 10.5. The Labute approximate surface area is 100 Å². The van der Waals surface area contributed by atoms with Crippen LogP contribution in [0.1, 0.15) is 12.8 Å². The molecular weight excluding hydrogens is 214 g/mol. The second kappa shape index (κ2) is 4.30. The van der Waals surface area contributed by atoms with Crippen LogP contribution in [0.25, 0.3) is 0 Å². The van der Waals surface area contributed by atoms with Crippen LogP contribution < -0.4 is 4.90 Å². The largest absolute Gasteiger partial charge is 0.348 e. The van der Waals surface area contributed by atoms with Gasteiger partial charge in [0.1, 0.15) is 0 Å². The SMILES string of the molecule is C=C1CCC(=C)S(=C)c2ccccc2N1C. The predicted molar refractivity (Wildman–Crippen MR) is 75.3 cm³/mol. The minimum absolute atomic E-state index is 0.101. The number of para-hydroxylation sites is 1. The normalized spacial score (nSPS) is 21.3. The molecule has 1 aliphatic heterocycles. The number of hydrogen-bond acceptors (Lipinski definition) is 1. The summed E-state index contributed by atoms with van der Waals surface area (Å²) < 4.78 is 0. The van der Waals surface area contributed by atoms with Crippen LogP contribution in [-0.4, -0.2) is 12.9 Å². The summed E-state index contributed by atoms with van der Waals surface area (Å²) in [6, 6.07) is 8.40. The third-order valence-corrected chi connectivity index (χ3v) is 4.78. The molecule has 0 radical (unpaired) electrons. The summed E-state index contributed by atoms with van der Waals surface area (Å²) in [7, 11) is 1.97. The molecule has 1 aromatic carbocycles. The number of anilines is 1. The van der Waals surface area contributed by atoms with Gasteiger partial charge in [-0.25, -0.2) is 0 Å². The smallest absolute Gasteiger partial charge is 0.0541 e. The van der Waals surface area contributed by atoms with Gasteiger partial charge in [0.2, 0.25) is 0 Å². The van der Waals surface area contributed by atoms with E-state index in [9.17, 15) is 0 Å². The summed E-state index contributed by atoms with van der Waals surface area (Å²) in [5.74, 6) is 4.25. The topological polar surface area (TPSA) is 3.24 Å². The molecule has 0 spiro atoms. The lowest BCUT2D eigenvalue weighted by Gasteiger charge is -2.29. The molecule has 1 aliphatic rings. The number of benzene rings is 1. The first-order valence-corrected chi connectivity index (χ1v) is 6.73. The van der Waals surface area contributed by atoms with Crippen LogP contribution >= 0.6 is 10.5 Å². The molecule has 0 aliphatic carbocycles. The molecule has 0 saturated carbocycles. The van der Waals surface area contributed by atoms with Crippen LogP contribution in [0.3, 0.4) is 0 Å². The molecule has 0 bridgehead atoms. The quantitative estimate of drug-likeness (QED) is 0.610. The Hall–Kier alpha value is -1.28. The molecule has 0 fully saturated rings. The zero-order valence-electron chi connectivity index (χ0n) is 9.70. The molecular formula is C14H17NS. The van der Waals surface area contributed by atoms with Crippen molar-refractivity contribution >= 4 is 22.0 Å². The van der Waals surface area contributed by atoms with Crippen molar-refractivity contribution < 1.29 is 0 Å². The van der Waals surface area contributed by atoms with E-state index in [1.807, 2.05) is 0 Å². The summed E-state index contributed by atoms with van der Waals surface area (Å²) >= 11 is 0. The van der Waals surface area contributed by atoms with Gasteiger partial charge >= 0.3 is 0 Å². The van der Waals surface area contributed by atoms with Crippen molar-refractivity contribution in [1.82, 2.24) is 0 Å². The molecule has 0 N–H and O–H groups in total. The Balaban J connectivity index is 2.58. The Kier molecular flexibility index (Phi) is 3.01. The van der Waals surface area contributed by atoms with Crippen molar-refractivity contribution in [1.29, 1.82) is 0 Å². The van der Waals surface area contributed by atoms with Gasteiger partial charge in [-0.2, -0.15) is 0 Å². The Bertz CT molecular complexity index is 473. The van der Waals surface area contributed by atoms with E-state index in [0.717, 1.165) is 18.5 Å². The molecule has 16 heavy (non-hydrogen) atoms. The van der Waals surface area contributed by atoms with E-state index in [4.69, 9.17) is 0 Å². The number of hydrogen-bond donors (Lipinski definition) is 0. The van der Waals surface area contributed by atoms with Crippen molar-refractivity contribution in [2.24, 2.45) is 0 Å². The molecule has 1 nitrogen and oxygen atoms in total. The highest BCUT2D eigenvalue weighted by Crippen LogP contribution is 2.43. The minimum atomic E-state index is -0.101. The summed E-state index contributed by atoms with van der Waals surface area (Å²) in [6.45, 7) is 8.27. The summed E-state index contributed by atoms with van der Waals surface area (Å²) in [5, 5.41) is 0. The van der Waals surface area contributed by atoms with E-state index in [-0.39, 0.29) is 10.5 Å². The number of rotatable bonds is 0. The van der Waals surface area contributed by atoms with Gasteiger partial charge in [-0.1, -0.05) is 31.2 Å². The van der Waals surface area contributed by atoms with Gasteiger partial charge in [-0.15, -0.1) is 10.5 Å².